The quantitative estimate of drug-likeness (QED) is 0.734. The lowest BCUT2D eigenvalue weighted by atomic mass is 10.3. The Kier molecular flexibility index (Phi) is 4.02. The number of hydrogen-bond acceptors (Lipinski definition) is 3. The van der Waals surface area contributed by atoms with Crippen LogP contribution in [0.3, 0.4) is 0 Å². The summed E-state index contributed by atoms with van der Waals surface area (Å²) in [5, 5.41) is 0. The molecule has 4 nitrogen and oxygen atoms in total. The average Bonchev–Trinajstić information content (AvgIpc) is 2.87. The third-order valence-corrected chi connectivity index (χ3v) is 2.64. The third kappa shape index (κ3) is 2.71. The smallest absolute Gasteiger partial charge is 0.166 e. The van der Waals surface area contributed by atoms with Crippen LogP contribution in [0.25, 0.3) is 0 Å². The third-order valence-electron chi connectivity index (χ3n) is 2.64. The SMILES string of the molecule is COc1ccccc1OCCn1cccc1C=O. The molecule has 0 atom stereocenters. The Morgan fingerprint density at radius 1 is 1.17 bits per heavy atom. The first-order chi connectivity index (χ1) is 8.85. The lowest BCUT2D eigenvalue weighted by molar-refractivity contribution is 0.111. The molecule has 0 bridgehead atoms. The first-order valence-corrected chi connectivity index (χ1v) is 5.71. The molecule has 0 aliphatic rings. The Morgan fingerprint density at radius 3 is 2.67 bits per heavy atom. The molecule has 4 heteroatoms. The summed E-state index contributed by atoms with van der Waals surface area (Å²) in [5.74, 6) is 1.42. The number of aromatic nitrogens is 1. The molecule has 1 aromatic carbocycles. The predicted octanol–water partition coefficient (Wildman–Crippen LogP) is 2.39. The second-order valence-corrected chi connectivity index (χ2v) is 3.74. The van der Waals surface area contributed by atoms with Crippen LogP contribution in [0, 0.1) is 0 Å². The van der Waals surface area contributed by atoms with E-state index in [2.05, 4.69) is 0 Å². The van der Waals surface area contributed by atoms with Gasteiger partial charge in [0, 0.05) is 6.20 Å². The van der Waals surface area contributed by atoms with Gasteiger partial charge >= 0.3 is 0 Å². The van der Waals surface area contributed by atoms with Crippen molar-refractivity contribution in [2.24, 2.45) is 0 Å². The van der Waals surface area contributed by atoms with Crippen molar-refractivity contribution in [3.63, 3.8) is 0 Å². The molecule has 1 aromatic heterocycles. The molecule has 0 fully saturated rings. The van der Waals surface area contributed by atoms with Gasteiger partial charge in [0.05, 0.1) is 19.3 Å². The van der Waals surface area contributed by atoms with E-state index in [9.17, 15) is 4.79 Å². The van der Waals surface area contributed by atoms with Crippen molar-refractivity contribution < 1.29 is 14.3 Å². The summed E-state index contributed by atoms with van der Waals surface area (Å²) < 4.78 is 12.7. The van der Waals surface area contributed by atoms with Crippen molar-refractivity contribution in [3.05, 3.63) is 48.3 Å². The lowest BCUT2D eigenvalue weighted by Gasteiger charge is -2.11. The van der Waals surface area contributed by atoms with Gasteiger partial charge in [-0.05, 0) is 24.3 Å². The number of para-hydroxylation sites is 2. The number of hydrogen-bond donors (Lipinski definition) is 0. The van der Waals surface area contributed by atoms with Gasteiger partial charge < -0.3 is 14.0 Å². The minimum Gasteiger partial charge on any atom is -0.493 e. The molecule has 1 heterocycles. The van der Waals surface area contributed by atoms with E-state index >= 15 is 0 Å². The van der Waals surface area contributed by atoms with Crippen molar-refractivity contribution in [3.8, 4) is 11.5 Å². The summed E-state index contributed by atoms with van der Waals surface area (Å²) in [5.41, 5.74) is 0.652. The Morgan fingerprint density at radius 2 is 1.94 bits per heavy atom. The molecule has 0 amide bonds. The second kappa shape index (κ2) is 5.91. The van der Waals surface area contributed by atoms with Crippen LogP contribution in [0.5, 0.6) is 11.5 Å². The molecule has 18 heavy (non-hydrogen) atoms. The van der Waals surface area contributed by atoms with Crippen LogP contribution < -0.4 is 9.47 Å². The van der Waals surface area contributed by atoms with Crippen LogP contribution in [0.4, 0.5) is 0 Å². The second-order valence-electron chi connectivity index (χ2n) is 3.74. The summed E-state index contributed by atoms with van der Waals surface area (Å²) in [6, 6.07) is 11.1. The van der Waals surface area contributed by atoms with E-state index in [-0.39, 0.29) is 0 Å². The van der Waals surface area contributed by atoms with Crippen molar-refractivity contribution >= 4 is 6.29 Å². The molecule has 94 valence electrons. The maximum absolute atomic E-state index is 10.7. The van der Waals surface area contributed by atoms with Gasteiger partial charge in [0.2, 0.25) is 0 Å². The van der Waals surface area contributed by atoms with Crippen molar-refractivity contribution in [1.82, 2.24) is 4.57 Å². The van der Waals surface area contributed by atoms with E-state index in [1.807, 2.05) is 41.1 Å². The van der Waals surface area contributed by atoms with E-state index in [1.54, 1.807) is 13.2 Å². The zero-order valence-corrected chi connectivity index (χ0v) is 10.2. The predicted molar refractivity (Wildman–Crippen MR) is 68.3 cm³/mol. The molecule has 0 N–H and O–H groups in total. The van der Waals surface area contributed by atoms with Crippen LogP contribution in [-0.2, 0) is 6.54 Å². The van der Waals surface area contributed by atoms with Crippen LogP contribution in [0.15, 0.2) is 42.6 Å². The van der Waals surface area contributed by atoms with Crippen molar-refractivity contribution in [2.75, 3.05) is 13.7 Å². The maximum atomic E-state index is 10.7. The standard InChI is InChI=1S/C14H15NO3/c1-17-13-6-2-3-7-14(13)18-10-9-15-8-4-5-12(15)11-16/h2-8,11H,9-10H2,1H3. The topological polar surface area (TPSA) is 40.5 Å². The number of ether oxygens (including phenoxy) is 2. The van der Waals surface area contributed by atoms with Gasteiger partial charge in [-0.15, -0.1) is 0 Å². The Labute approximate surface area is 106 Å². The van der Waals surface area contributed by atoms with Crippen LogP contribution in [0.2, 0.25) is 0 Å². The highest BCUT2D eigenvalue weighted by Crippen LogP contribution is 2.25. The summed E-state index contributed by atoms with van der Waals surface area (Å²) >= 11 is 0. The fourth-order valence-corrected chi connectivity index (χ4v) is 1.73. The van der Waals surface area contributed by atoms with E-state index in [1.165, 1.54) is 0 Å². The number of carbonyl (C=O) groups is 1. The number of benzene rings is 1. The number of rotatable bonds is 6. The van der Waals surface area contributed by atoms with E-state index in [4.69, 9.17) is 9.47 Å². The Balaban J connectivity index is 1.94. The monoisotopic (exact) mass is 245 g/mol. The maximum Gasteiger partial charge on any atom is 0.166 e. The highest BCUT2D eigenvalue weighted by atomic mass is 16.5. The largest absolute Gasteiger partial charge is 0.493 e. The first kappa shape index (κ1) is 12.2. The number of aldehydes is 1. The van der Waals surface area contributed by atoms with E-state index < -0.39 is 0 Å². The van der Waals surface area contributed by atoms with Crippen LogP contribution in [0.1, 0.15) is 10.5 Å². The molecule has 0 saturated carbocycles. The molecule has 2 aromatic rings. The van der Waals surface area contributed by atoms with E-state index in [0.29, 0.717) is 30.3 Å². The zero-order chi connectivity index (χ0) is 12.8. The molecule has 0 aliphatic heterocycles. The molecule has 0 radical (unpaired) electrons. The summed E-state index contributed by atoms with van der Waals surface area (Å²) in [6.45, 7) is 1.11. The number of nitrogens with zero attached hydrogens (tertiary/aromatic N) is 1. The minimum atomic E-state index is 0.482. The summed E-state index contributed by atoms with van der Waals surface area (Å²) in [7, 11) is 1.61. The van der Waals surface area contributed by atoms with Gasteiger partial charge in [-0.1, -0.05) is 12.1 Å². The number of carbonyl (C=O) groups excluding carboxylic acids is 1. The highest BCUT2D eigenvalue weighted by Gasteiger charge is 2.03. The fourth-order valence-electron chi connectivity index (χ4n) is 1.73. The van der Waals surface area contributed by atoms with Crippen LogP contribution >= 0.6 is 0 Å². The van der Waals surface area contributed by atoms with Crippen molar-refractivity contribution in [2.45, 2.75) is 6.54 Å². The van der Waals surface area contributed by atoms with Gasteiger partial charge in [-0.3, -0.25) is 4.79 Å². The average molecular weight is 245 g/mol. The number of methoxy groups -OCH3 is 1. The Bertz CT molecular complexity index is 519. The molecule has 2 rings (SSSR count). The fraction of sp³-hybridized carbons (Fsp3) is 0.214. The Hall–Kier alpha value is -2.23. The van der Waals surface area contributed by atoms with Gasteiger partial charge in [-0.2, -0.15) is 0 Å². The van der Waals surface area contributed by atoms with Gasteiger partial charge in [0.15, 0.2) is 17.8 Å². The van der Waals surface area contributed by atoms with E-state index in [0.717, 1.165) is 6.29 Å². The summed E-state index contributed by atoms with van der Waals surface area (Å²) in [6.07, 6.45) is 2.69. The van der Waals surface area contributed by atoms with Gasteiger partial charge in [0.1, 0.15) is 6.61 Å². The molecular weight excluding hydrogens is 230 g/mol. The molecule has 0 aliphatic carbocycles. The lowest BCUT2D eigenvalue weighted by Crippen LogP contribution is -2.09. The molecule has 0 saturated heterocycles. The van der Waals surface area contributed by atoms with Gasteiger partial charge in [0.25, 0.3) is 0 Å². The molecular formula is C14H15NO3. The van der Waals surface area contributed by atoms with Crippen molar-refractivity contribution in [1.29, 1.82) is 0 Å². The van der Waals surface area contributed by atoms with Crippen LogP contribution in [-0.4, -0.2) is 24.6 Å². The molecule has 0 spiro atoms. The highest BCUT2D eigenvalue weighted by molar-refractivity contribution is 5.72. The minimum absolute atomic E-state index is 0.482. The summed E-state index contributed by atoms with van der Waals surface area (Å²) in [4.78, 5) is 10.7. The first-order valence-electron chi connectivity index (χ1n) is 5.71. The van der Waals surface area contributed by atoms with Gasteiger partial charge in [-0.25, -0.2) is 0 Å². The normalized spacial score (nSPS) is 10.1. The zero-order valence-electron chi connectivity index (χ0n) is 10.2. The molecule has 0 unspecified atom stereocenters.